The van der Waals surface area contributed by atoms with Gasteiger partial charge in [-0.3, -0.25) is 4.79 Å². The van der Waals surface area contributed by atoms with Crippen LogP contribution in [-0.2, 0) is 0 Å². The minimum Gasteiger partial charge on any atom is -0.500 e. The number of aromatic nitrogens is 1. The summed E-state index contributed by atoms with van der Waals surface area (Å²) in [4.78, 5) is 14.4. The molecule has 128 valence electrons. The number of nitrogen functional groups attached to an aromatic ring is 1. The number of aromatic amines is 1. The number of nitrogens with two attached hydrogens (primary N) is 1. The van der Waals surface area contributed by atoms with Crippen LogP contribution >= 0.6 is 0 Å². The Morgan fingerprint density at radius 1 is 1.29 bits per heavy atom. The highest BCUT2D eigenvalue weighted by Gasteiger charge is 2.12. The van der Waals surface area contributed by atoms with Crippen molar-refractivity contribution in [3.8, 4) is 11.5 Å². The van der Waals surface area contributed by atoms with Crippen molar-refractivity contribution in [3.05, 3.63) is 51.9 Å². The second kappa shape index (κ2) is 7.73. The number of aromatic hydroxyl groups is 1. The Kier molecular flexibility index (Phi) is 5.68. The molecule has 0 saturated carbocycles. The summed E-state index contributed by atoms with van der Waals surface area (Å²) in [6.07, 6.45) is 6.09. The summed E-state index contributed by atoms with van der Waals surface area (Å²) in [6.45, 7) is 6.49. The number of nitrogens with one attached hydrogen (secondary N) is 1. The summed E-state index contributed by atoms with van der Waals surface area (Å²) in [5, 5.41) is 10.6. The predicted octanol–water partition coefficient (Wildman–Crippen LogP) is 3.89. The lowest BCUT2D eigenvalue weighted by molar-refractivity contribution is 0.337. The molecule has 0 unspecified atom stereocenters. The van der Waals surface area contributed by atoms with E-state index in [4.69, 9.17) is 10.5 Å². The van der Waals surface area contributed by atoms with Crippen molar-refractivity contribution in [1.82, 2.24) is 4.98 Å². The summed E-state index contributed by atoms with van der Waals surface area (Å²) >= 11 is 0. The maximum absolute atomic E-state index is 11.8. The van der Waals surface area contributed by atoms with Gasteiger partial charge in [-0.25, -0.2) is 0 Å². The topological polar surface area (TPSA) is 88.3 Å². The minimum absolute atomic E-state index is 0.182. The molecule has 1 aromatic heterocycles. The molecule has 0 aliphatic carbocycles. The standard InChI is InChI=1S/C19H24N2O3/c1-12(2)5-4-6-13(3)9-10-24-18-15-8-7-14(20)11-16(15)21-19(23)17(18)22/h5,7-9,11,22H,4,6,10,20H2,1-3H3,(H,21,23)/b13-9+. The summed E-state index contributed by atoms with van der Waals surface area (Å²) < 4.78 is 5.67. The molecular formula is C19H24N2O3. The van der Waals surface area contributed by atoms with Crippen molar-refractivity contribution in [3.63, 3.8) is 0 Å². The Morgan fingerprint density at radius 3 is 2.75 bits per heavy atom. The molecule has 0 bridgehead atoms. The van der Waals surface area contributed by atoms with Crippen LogP contribution < -0.4 is 16.0 Å². The zero-order valence-corrected chi connectivity index (χ0v) is 14.3. The minimum atomic E-state index is -0.590. The first kappa shape index (κ1) is 17.7. The van der Waals surface area contributed by atoms with Crippen molar-refractivity contribution in [2.75, 3.05) is 12.3 Å². The van der Waals surface area contributed by atoms with E-state index >= 15 is 0 Å². The average Bonchev–Trinajstić information content (AvgIpc) is 2.50. The van der Waals surface area contributed by atoms with Crippen LogP contribution in [-0.4, -0.2) is 16.7 Å². The van der Waals surface area contributed by atoms with E-state index in [-0.39, 0.29) is 12.4 Å². The third-order valence-electron chi connectivity index (χ3n) is 3.72. The van der Waals surface area contributed by atoms with Crippen molar-refractivity contribution in [2.45, 2.75) is 33.6 Å². The first-order valence-electron chi connectivity index (χ1n) is 7.94. The highest BCUT2D eigenvalue weighted by Crippen LogP contribution is 2.31. The molecule has 5 nitrogen and oxygen atoms in total. The normalized spacial score (nSPS) is 11.5. The monoisotopic (exact) mass is 328 g/mol. The number of hydrogen-bond acceptors (Lipinski definition) is 4. The molecule has 2 rings (SSSR count). The predicted molar refractivity (Wildman–Crippen MR) is 98.6 cm³/mol. The molecule has 0 aliphatic rings. The van der Waals surface area contributed by atoms with Crippen LogP contribution in [0.15, 0.2) is 46.3 Å². The molecule has 0 aliphatic heterocycles. The summed E-state index contributed by atoms with van der Waals surface area (Å²) in [7, 11) is 0. The van der Waals surface area contributed by atoms with Crippen molar-refractivity contribution in [2.24, 2.45) is 0 Å². The van der Waals surface area contributed by atoms with Crippen LogP contribution in [0.4, 0.5) is 5.69 Å². The van der Waals surface area contributed by atoms with Crippen molar-refractivity contribution in [1.29, 1.82) is 0 Å². The van der Waals surface area contributed by atoms with E-state index in [0.29, 0.717) is 16.6 Å². The number of H-pyrrole nitrogens is 1. The number of fused-ring (bicyclic) bond motifs is 1. The van der Waals surface area contributed by atoms with E-state index < -0.39 is 11.3 Å². The number of allylic oxidation sites excluding steroid dienone is 3. The van der Waals surface area contributed by atoms with Gasteiger partial charge in [-0.05, 0) is 57.9 Å². The molecule has 1 aromatic carbocycles. The van der Waals surface area contributed by atoms with E-state index in [1.54, 1.807) is 18.2 Å². The SMILES string of the molecule is CC(C)=CCC/C(C)=C/COc1c(O)c(=O)[nH]c2cc(N)ccc12. The average molecular weight is 328 g/mol. The Bertz CT molecular complexity index is 844. The molecule has 5 heteroatoms. The van der Waals surface area contributed by atoms with Gasteiger partial charge >= 0.3 is 0 Å². The molecule has 0 spiro atoms. The molecule has 0 radical (unpaired) electrons. The van der Waals surface area contributed by atoms with Crippen LogP contribution in [0.5, 0.6) is 11.5 Å². The van der Waals surface area contributed by atoms with Gasteiger partial charge in [-0.15, -0.1) is 0 Å². The van der Waals surface area contributed by atoms with Crippen LogP contribution in [0.3, 0.4) is 0 Å². The van der Waals surface area contributed by atoms with Gasteiger partial charge in [0, 0.05) is 11.1 Å². The van der Waals surface area contributed by atoms with Crippen LogP contribution in [0.1, 0.15) is 33.6 Å². The molecule has 0 saturated heterocycles. The molecule has 0 fully saturated rings. The number of pyridine rings is 1. The number of rotatable bonds is 6. The fourth-order valence-electron chi connectivity index (χ4n) is 2.38. The number of hydrogen-bond donors (Lipinski definition) is 3. The zero-order chi connectivity index (χ0) is 17.7. The molecule has 1 heterocycles. The molecule has 2 aromatic rings. The fourth-order valence-corrected chi connectivity index (χ4v) is 2.38. The van der Waals surface area contributed by atoms with E-state index in [0.717, 1.165) is 12.8 Å². The Morgan fingerprint density at radius 2 is 2.04 bits per heavy atom. The number of anilines is 1. The molecule has 24 heavy (non-hydrogen) atoms. The van der Waals surface area contributed by atoms with E-state index in [2.05, 4.69) is 24.9 Å². The van der Waals surface area contributed by atoms with Crippen LogP contribution in [0.25, 0.3) is 10.9 Å². The highest BCUT2D eigenvalue weighted by molar-refractivity contribution is 5.89. The van der Waals surface area contributed by atoms with Crippen LogP contribution in [0, 0.1) is 0 Å². The van der Waals surface area contributed by atoms with Gasteiger partial charge in [0.25, 0.3) is 5.56 Å². The molecule has 0 atom stereocenters. The summed E-state index contributed by atoms with van der Waals surface area (Å²) in [5.41, 5.74) is 8.71. The third-order valence-corrected chi connectivity index (χ3v) is 3.72. The fraction of sp³-hybridized carbons (Fsp3) is 0.316. The lowest BCUT2D eigenvalue weighted by Gasteiger charge is -2.10. The van der Waals surface area contributed by atoms with Gasteiger partial charge in [-0.1, -0.05) is 17.2 Å². The molecular weight excluding hydrogens is 304 g/mol. The quantitative estimate of drug-likeness (QED) is 0.554. The second-order valence-electron chi connectivity index (χ2n) is 6.12. The van der Waals surface area contributed by atoms with E-state index in [9.17, 15) is 9.90 Å². The largest absolute Gasteiger partial charge is 0.500 e. The Balaban J connectivity index is 2.16. The zero-order valence-electron chi connectivity index (χ0n) is 14.3. The van der Waals surface area contributed by atoms with Crippen molar-refractivity contribution < 1.29 is 9.84 Å². The lowest BCUT2D eigenvalue weighted by atomic mass is 10.1. The Labute approximate surface area is 141 Å². The number of ether oxygens (including phenoxy) is 1. The van der Waals surface area contributed by atoms with Gasteiger partial charge in [0.05, 0.1) is 5.52 Å². The summed E-state index contributed by atoms with van der Waals surface area (Å²) in [5.74, 6) is -0.232. The first-order chi connectivity index (χ1) is 11.4. The first-order valence-corrected chi connectivity index (χ1v) is 7.94. The summed E-state index contributed by atoms with van der Waals surface area (Å²) in [6, 6.07) is 5.07. The van der Waals surface area contributed by atoms with Gasteiger partial charge in [0.2, 0.25) is 5.75 Å². The van der Waals surface area contributed by atoms with E-state index in [1.165, 1.54) is 11.1 Å². The van der Waals surface area contributed by atoms with Gasteiger partial charge < -0.3 is 20.6 Å². The van der Waals surface area contributed by atoms with Gasteiger partial charge in [-0.2, -0.15) is 0 Å². The number of benzene rings is 1. The maximum Gasteiger partial charge on any atom is 0.294 e. The second-order valence-corrected chi connectivity index (χ2v) is 6.12. The maximum atomic E-state index is 11.8. The van der Waals surface area contributed by atoms with Gasteiger partial charge in [0.15, 0.2) is 5.75 Å². The lowest BCUT2D eigenvalue weighted by Crippen LogP contribution is -2.08. The Hall–Kier alpha value is -2.69. The van der Waals surface area contributed by atoms with Crippen LogP contribution in [0.2, 0.25) is 0 Å². The smallest absolute Gasteiger partial charge is 0.294 e. The highest BCUT2D eigenvalue weighted by atomic mass is 16.5. The van der Waals surface area contributed by atoms with Gasteiger partial charge in [0.1, 0.15) is 6.61 Å². The molecule has 0 amide bonds. The molecule has 4 N–H and O–H groups in total. The van der Waals surface area contributed by atoms with Crippen molar-refractivity contribution >= 4 is 16.6 Å². The van der Waals surface area contributed by atoms with E-state index in [1.807, 2.05) is 13.0 Å². The third kappa shape index (κ3) is 4.41.